The summed E-state index contributed by atoms with van der Waals surface area (Å²) in [6.45, 7) is 0.133. The van der Waals surface area contributed by atoms with Crippen LogP contribution in [0.5, 0.6) is 0 Å². The Morgan fingerprint density at radius 3 is 2.67 bits per heavy atom. The van der Waals surface area contributed by atoms with E-state index in [-0.39, 0.29) is 24.4 Å². The zero-order valence-corrected chi connectivity index (χ0v) is 15.8. The van der Waals surface area contributed by atoms with Crippen LogP contribution in [0.1, 0.15) is 18.1 Å². The molecule has 3 aromatic rings. The summed E-state index contributed by atoms with van der Waals surface area (Å²) in [4.78, 5) is 43.3. The average molecular weight is 385 g/mol. The minimum Gasteiger partial charge on any atom is -0.447 e. The fraction of sp³-hybridized carbons (Fsp3) is 0.263. The van der Waals surface area contributed by atoms with Gasteiger partial charge in [-0.3, -0.25) is 19.0 Å². The lowest BCUT2D eigenvalue weighted by atomic mass is 10.1. The Morgan fingerprint density at radius 1 is 1.22 bits per heavy atom. The average Bonchev–Trinajstić information content (AvgIpc) is 3.15. The van der Waals surface area contributed by atoms with E-state index < -0.39 is 12.1 Å². The molecule has 8 heteroatoms. The first-order valence-electron chi connectivity index (χ1n) is 8.35. The second-order valence-corrected chi connectivity index (χ2v) is 7.04. The Morgan fingerprint density at radius 2 is 1.96 bits per heavy atom. The number of amides is 1. The third-order valence-electron chi connectivity index (χ3n) is 4.02. The Bertz CT molecular complexity index is 1010. The van der Waals surface area contributed by atoms with Crippen LogP contribution in [-0.4, -0.2) is 40.4 Å². The molecular weight excluding hydrogens is 366 g/mol. The predicted molar refractivity (Wildman–Crippen MR) is 102 cm³/mol. The second kappa shape index (κ2) is 8.13. The third kappa shape index (κ3) is 4.22. The van der Waals surface area contributed by atoms with Crippen LogP contribution in [0.15, 0.2) is 52.9 Å². The van der Waals surface area contributed by atoms with Crippen molar-refractivity contribution in [1.29, 1.82) is 0 Å². The van der Waals surface area contributed by atoms with E-state index in [1.165, 1.54) is 27.1 Å². The van der Waals surface area contributed by atoms with Gasteiger partial charge in [0, 0.05) is 26.2 Å². The van der Waals surface area contributed by atoms with Crippen molar-refractivity contribution < 1.29 is 14.3 Å². The summed E-state index contributed by atoms with van der Waals surface area (Å²) < 4.78 is 6.81. The zero-order valence-electron chi connectivity index (χ0n) is 15.0. The summed E-state index contributed by atoms with van der Waals surface area (Å²) in [5, 5.41) is 2.33. The maximum atomic E-state index is 12.4. The van der Waals surface area contributed by atoms with Crippen molar-refractivity contribution in [3.05, 3.63) is 64.0 Å². The number of hydrogen-bond acceptors (Lipinski definition) is 6. The summed E-state index contributed by atoms with van der Waals surface area (Å²) in [5.74, 6) is -0.885. The summed E-state index contributed by atoms with van der Waals surface area (Å²) in [7, 11) is 3.21. The minimum absolute atomic E-state index is 0.0404. The van der Waals surface area contributed by atoms with Crippen LogP contribution in [0.3, 0.4) is 0 Å². The van der Waals surface area contributed by atoms with Crippen LogP contribution in [0.25, 0.3) is 10.2 Å². The Balaban J connectivity index is 1.71. The van der Waals surface area contributed by atoms with Gasteiger partial charge in [0.2, 0.25) is 6.10 Å². The molecule has 140 valence electrons. The molecule has 0 aliphatic heterocycles. The fourth-order valence-electron chi connectivity index (χ4n) is 2.58. The van der Waals surface area contributed by atoms with Gasteiger partial charge < -0.3 is 9.64 Å². The molecule has 7 nitrogen and oxygen atoms in total. The number of aromatic nitrogens is 2. The van der Waals surface area contributed by atoms with Gasteiger partial charge in [0.15, 0.2) is 0 Å². The number of hydrogen-bond donors (Lipinski definition) is 0. The molecule has 2 aromatic heterocycles. The lowest BCUT2D eigenvalue weighted by Gasteiger charge is -2.21. The van der Waals surface area contributed by atoms with Gasteiger partial charge in [0.05, 0.1) is 18.1 Å². The van der Waals surface area contributed by atoms with E-state index in [1.807, 2.05) is 6.07 Å². The van der Waals surface area contributed by atoms with Crippen LogP contribution < -0.4 is 5.56 Å². The molecule has 27 heavy (non-hydrogen) atoms. The van der Waals surface area contributed by atoms with Crippen molar-refractivity contribution in [2.45, 2.75) is 19.1 Å². The first-order valence-corrected chi connectivity index (χ1v) is 9.23. The van der Waals surface area contributed by atoms with E-state index >= 15 is 0 Å². The summed E-state index contributed by atoms with van der Waals surface area (Å²) in [6, 6.07) is 10.6. The molecule has 0 saturated heterocycles. The number of rotatable bonds is 6. The van der Waals surface area contributed by atoms with E-state index in [0.717, 1.165) is 0 Å². The molecule has 0 N–H and O–H groups in total. The predicted octanol–water partition coefficient (Wildman–Crippen LogP) is 2.22. The van der Waals surface area contributed by atoms with Crippen molar-refractivity contribution in [2.75, 3.05) is 14.1 Å². The van der Waals surface area contributed by atoms with Gasteiger partial charge in [-0.15, -0.1) is 11.3 Å². The monoisotopic (exact) mass is 385 g/mol. The van der Waals surface area contributed by atoms with Crippen LogP contribution in [-0.2, 0) is 20.9 Å². The molecular formula is C19H19N3O4S. The summed E-state index contributed by atoms with van der Waals surface area (Å²) in [6.07, 6.45) is 0.373. The van der Waals surface area contributed by atoms with Gasteiger partial charge >= 0.3 is 5.97 Å². The number of thiophene rings is 1. The molecule has 1 unspecified atom stereocenters. The molecule has 2 heterocycles. The number of esters is 1. The molecule has 1 aromatic carbocycles. The van der Waals surface area contributed by atoms with Crippen molar-refractivity contribution in [1.82, 2.24) is 14.5 Å². The summed E-state index contributed by atoms with van der Waals surface area (Å²) >= 11 is 1.39. The molecule has 0 fully saturated rings. The number of benzene rings is 1. The minimum atomic E-state index is -1.01. The molecule has 0 aliphatic rings. The highest BCUT2D eigenvalue weighted by Crippen LogP contribution is 2.20. The number of carbonyl (C=O) groups is 2. The van der Waals surface area contributed by atoms with Gasteiger partial charge in [-0.05, 0) is 11.4 Å². The molecule has 1 atom stereocenters. The Hall–Kier alpha value is -3.00. The van der Waals surface area contributed by atoms with E-state index in [0.29, 0.717) is 15.8 Å². The van der Waals surface area contributed by atoms with Crippen molar-refractivity contribution in [2.24, 2.45) is 0 Å². The number of aryl methyl sites for hydroxylation is 1. The fourth-order valence-corrected chi connectivity index (χ4v) is 3.30. The lowest BCUT2D eigenvalue weighted by Crippen LogP contribution is -2.31. The van der Waals surface area contributed by atoms with Gasteiger partial charge in [0.25, 0.3) is 11.5 Å². The lowest BCUT2D eigenvalue weighted by molar-refractivity contribution is -0.160. The number of likely N-dealkylation sites (N-methyl/N-ethyl adjacent to an activating group) is 1. The zero-order chi connectivity index (χ0) is 19.4. The SMILES string of the molecule is CN(C)C(=O)C(OC(=O)CCn1cnc2sccc2c1=O)c1ccccc1. The number of fused-ring (bicyclic) bond motifs is 1. The van der Waals surface area contributed by atoms with Gasteiger partial charge in [0.1, 0.15) is 4.83 Å². The highest BCUT2D eigenvalue weighted by molar-refractivity contribution is 7.16. The molecule has 0 radical (unpaired) electrons. The smallest absolute Gasteiger partial charge is 0.308 e. The molecule has 0 saturated carbocycles. The van der Waals surface area contributed by atoms with Gasteiger partial charge in [-0.25, -0.2) is 4.98 Å². The first kappa shape index (κ1) is 18.8. The molecule has 1 amide bonds. The Labute approximate surface area is 159 Å². The number of nitrogens with zero attached hydrogens (tertiary/aromatic N) is 3. The van der Waals surface area contributed by atoms with E-state index in [9.17, 15) is 14.4 Å². The standard InChI is InChI=1S/C19H19N3O4S/c1-21(2)19(25)16(13-6-4-3-5-7-13)26-15(23)8-10-22-12-20-17-14(18(22)24)9-11-27-17/h3-7,9,11-12,16H,8,10H2,1-2H3. The first-order chi connectivity index (χ1) is 13.0. The van der Waals surface area contributed by atoms with Crippen LogP contribution in [0.4, 0.5) is 0 Å². The molecule has 0 bridgehead atoms. The Kier molecular flexibility index (Phi) is 5.66. The maximum Gasteiger partial charge on any atom is 0.308 e. The number of carbonyl (C=O) groups excluding carboxylic acids is 2. The second-order valence-electron chi connectivity index (χ2n) is 6.15. The van der Waals surface area contributed by atoms with Crippen LogP contribution >= 0.6 is 11.3 Å². The summed E-state index contributed by atoms with van der Waals surface area (Å²) in [5.41, 5.74) is 0.404. The largest absolute Gasteiger partial charge is 0.447 e. The molecule has 3 rings (SSSR count). The normalized spacial score (nSPS) is 11.9. The number of ether oxygens (including phenoxy) is 1. The third-order valence-corrected chi connectivity index (χ3v) is 4.84. The quantitative estimate of drug-likeness (QED) is 0.608. The van der Waals surface area contributed by atoms with E-state index in [2.05, 4.69) is 4.98 Å². The maximum absolute atomic E-state index is 12.4. The molecule has 0 aliphatic carbocycles. The van der Waals surface area contributed by atoms with E-state index in [1.54, 1.807) is 49.8 Å². The van der Waals surface area contributed by atoms with Gasteiger partial charge in [-0.1, -0.05) is 30.3 Å². The topological polar surface area (TPSA) is 81.5 Å². The van der Waals surface area contributed by atoms with Crippen molar-refractivity contribution in [3.63, 3.8) is 0 Å². The van der Waals surface area contributed by atoms with E-state index in [4.69, 9.17) is 4.74 Å². The van der Waals surface area contributed by atoms with Crippen molar-refractivity contribution >= 4 is 33.4 Å². The van der Waals surface area contributed by atoms with Crippen LogP contribution in [0.2, 0.25) is 0 Å². The van der Waals surface area contributed by atoms with Crippen molar-refractivity contribution in [3.8, 4) is 0 Å². The van der Waals surface area contributed by atoms with Gasteiger partial charge in [-0.2, -0.15) is 0 Å². The van der Waals surface area contributed by atoms with Crippen LogP contribution in [0, 0.1) is 0 Å². The highest BCUT2D eigenvalue weighted by atomic mass is 32.1. The highest BCUT2D eigenvalue weighted by Gasteiger charge is 2.26. The molecule has 0 spiro atoms.